The van der Waals surface area contributed by atoms with E-state index >= 15 is 0 Å². The van der Waals surface area contributed by atoms with Gasteiger partial charge >= 0.3 is 5.63 Å². The van der Waals surface area contributed by atoms with E-state index in [-0.39, 0.29) is 13.0 Å². The Hall–Kier alpha value is -2.01. The molecule has 0 fully saturated rings. The third kappa shape index (κ3) is 2.29. The molecule has 2 aromatic rings. The molecule has 0 amide bonds. The molecule has 0 atom stereocenters. The standard InChI is InChI=1S/C14H16O5/c1-8-9(4-5-15)14(16)19-11-7-13(18-3)12(17-2)6-10(8)11/h6-7,15H,4-5H2,1-3H3. The van der Waals surface area contributed by atoms with E-state index in [1.807, 2.05) is 6.92 Å². The van der Waals surface area contributed by atoms with E-state index in [1.54, 1.807) is 19.2 Å². The number of rotatable bonds is 4. The van der Waals surface area contributed by atoms with Gasteiger partial charge in [-0.1, -0.05) is 0 Å². The number of fused-ring (bicyclic) bond motifs is 1. The van der Waals surface area contributed by atoms with Gasteiger partial charge in [0.1, 0.15) is 5.58 Å². The summed E-state index contributed by atoms with van der Waals surface area (Å²) < 4.78 is 15.7. The molecule has 1 aromatic heterocycles. The van der Waals surface area contributed by atoms with Crippen LogP contribution in [0.5, 0.6) is 11.5 Å². The fourth-order valence-electron chi connectivity index (χ4n) is 2.12. The van der Waals surface area contributed by atoms with Crippen LogP contribution >= 0.6 is 0 Å². The first-order valence-electron chi connectivity index (χ1n) is 5.91. The third-order valence-electron chi connectivity index (χ3n) is 3.15. The van der Waals surface area contributed by atoms with Gasteiger partial charge in [-0.3, -0.25) is 0 Å². The minimum atomic E-state index is -0.425. The smallest absolute Gasteiger partial charge is 0.339 e. The zero-order valence-corrected chi connectivity index (χ0v) is 11.1. The van der Waals surface area contributed by atoms with Gasteiger partial charge in [0.25, 0.3) is 0 Å². The van der Waals surface area contributed by atoms with E-state index in [2.05, 4.69) is 0 Å². The summed E-state index contributed by atoms with van der Waals surface area (Å²) in [5.41, 5.74) is 1.30. The number of methoxy groups -OCH3 is 2. The molecule has 0 saturated heterocycles. The number of ether oxygens (including phenoxy) is 2. The maximum absolute atomic E-state index is 11.8. The summed E-state index contributed by atoms with van der Waals surface area (Å²) in [6.07, 6.45) is 0.276. The third-order valence-corrected chi connectivity index (χ3v) is 3.15. The van der Waals surface area contributed by atoms with Crippen molar-refractivity contribution in [1.82, 2.24) is 0 Å². The van der Waals surface area contributed by atoms with Gasteiger partial charge in [-0.2, -0.15) is 0 Å². The molecule has 1 aromatic carbocycles. The lowest BCUT2D eigenvalue weighted by atomic mass is 10.0. The first-order chi connectivity index (χ1) is 9.12. The molecule has 0 aliphatic carbocycles. The van der Waals surface area contributed by atoms with E-state index in [9.17, 15) is 4.79 Å². The molecule has 0 saturated carbocycles. The van der Waals surface area contributed by atoms with Crippen LogP contribution in [0.15, 0.2) is 21.3 Å². The predicted molar refractivity (Wildman–Crippen MR) is 71.1 cm³/mol. The van der Waals surface area contributed by atoms with Gasteiger partial charge in [0, 0.05) is 30.0 Å². The molecule has 0 spiro atoms. The topological polar surface area (TPSA) is 68.9 Å². The molecule has 0 aliphatic rings. The Bertz CT molecular complexity index is 657. The molecular formula is C14H16O5. The monoisotopic (exact) mass is 264 g/mol. The highest BCUT2D eigenvalue weighted by Crippen LogP contribution is 2.33. The second kappa shape index (κ2) is 5.32. The van der Waals surface area contributed by atoms with Crippen molar-refractivity contribution in [1.29, 1.82) is 0 Å². The summed E-state index contributed by atoms with van der Waals surface area (Å²) in [4.78, 5) is 11.8. The molecule has 0 aliphatic heterocycles. The highest BCUT2D eigenvalue weighted by Gasteiger charge is 2.14. The van der Waals surface area contributed by atoms with E-state index in [1.165, 1.54) is 7.11 Å². The van der Waals surface area contributed by atoms with Crippen LogP contribution in [0.3, 0.4) is 0 Å². The van der Waals surface area contributed by atoms with Crippen LogP contribution < -0.4 is 15.1 Å². The van der Waals surface area contributed by atoms with Crippen molar-refractivity contribution in [2.45, 2.75) is 13.3 Å². The van der Waals surface area contributed by atoms with Crippen molar-refractivity contribution >= 4 is 11.0 Å². The average molecular weight is 264 g/mol. The van der Waals surface area contributed by atoms with Crippen LogP contribution in [0.2, 0.25) is 0 Å². The van der Waals surface area contributed by atoms with Crippen molar-refractivity contribution in [3.05, 3.63) is 33.7 Å². The molecule has 5 nitrogen and oxygen atoms in total. The van der Waals surface area contributed by atoms with Crippen molar-refractivity contribution < 1.29 is 19.0 Å². The van der Waals surface area contributed by atoms with E-state index in [0.717, 1.165) is 10.9 Å². The van der Waals surface area contributed by atoms with Crippen molar-refractivity contribution in [3.63, 3.8) is 0 Å². The summed E-state index contributed by atoms with van der Waals surface area (Å²) in [7, 11) is 3.07. The van der Waals surface area contributed by atoms with Crippen LogP contribution in [0.25, 0.3) is 11.0 Å². The average Bonchev–Trinajstić information content (AvgIpc) is 2.42. The lowest BCUT2D eigenvalue weighted by Crippen LogP contribution is -2.12. The Kier molecular flexibility index (Phi) is 3.76. The highest BCUT2D eigenvalue weighted by atomic mass is 16.5. The SMILES string of the molecule is COc1cc2oc(=O)c(CCO)c(C)c2cc1OC. The van der Waals surface area contributed by atoms with Crippen molar-refractivity contribution in [3.8, 4) is 11.5 Å². The van der Waals surface area contributed by atoms with E-state index in [0.29, 0.717) is 22.6 Å². The summed E-state index contributed by atoms with van der Waals surface area (Å²) in [6.45, 7) is 1.74. The van der Waals surface area contributed by atoms with Crippen LogP contribution in [0.1, 0.15) is 11.1 Å². The lowest BCUT2D eigenvalue weighted by Gasteiger charge is -2.11. The van der Waals surface area contributed by atoms with Crippen LogP contribution in [0.4, 0.5) is 0 Å². The van der Waals surface area contributed by atoms with Crippen molar-refractivity contribution in [2.24, 2.45) is 0 Å². The molecule has 2 rings (SSSR count). The Morgan fingerprint density at radius 3 is 2.42 bits per heavy atom. The summed E-state index contributed by atoms with van der Waals surface area (Å²) in [5.74, 6) is 1.08. The van der Waals surface area contributed by atoms with Crippen molar-refractivity contribution in [2.75, 3.05) is 20.8 Å². The van der Waals surface area contributed by atoms with Gasteiger partial charge in [0.15, 0.2) is 11.5 Å². The number of aliphatic hydroxyl groups is 1. The summed E-state index contributed by atoms with van der Waals surface area (Å²) in [6, 6.07) is 3.40. The molecule has 1 N–H and O–H groups in total. The lowest BCUT2D eigenvalue weighted by molar-refractivity contribution is 0.297. The second-order valence-corrected chi connectivity index (χ2v) is 4.17. The van der Waals surface area contributed by atoms with Gasteiger partial charge in [-0.25, -0.2) is 4.79 Å². The number of hydrogen-bond acceptors (Lipinski definition) is 5. The zero-order chi connectivity index (χ0) is 14.0. The summed E-state index contributed by atoms with van der Waals surface area (Å²) >= 11 is 0. The Balaban J connectivity index is 2.78. The van der Waals surface area contributed by atoms with Gasteiger partial charge in [-0.15, -0.1) is 0 Å². The highest BCUT2D eigenvalue weighted by molar-refractivity contribution is 5.84. The number of benzene rings is 1. The number of hydrogen-bond donors (Lipinski definition) is 1. The fraction of sp³-hybridized carbons (Fsp3) is 0.357. The molecular weight excluding hydrogens is 248 g/mol. The molecule has 1 heterocycles. The molecule has 102 valence electrons. The fourth-order valence-corrected chi connectivity index (χ4v) is 2.12. The first-order valence-corrected chi connectivity index (χ1v) is 5.91. The van der Waals surface area contributed by atoms with Gasteiger partial charge in [0.05, 0.1) is 14.2 Å². The largest absolute Gasteiger partial charge is 0.493 e. The second-order valence-electron chi connectivity index (χ2n) is 4.17. The zero-order valence-electron chi connectivity index (χ0n) is 11.1. The Morgan fingerprint density at radius 2 is 1.84 bits per heavy atom. The van der Waals surface area contributed by atoms with Crippen LogP contribution in [-0.4, -0.2) is 25.9 Å². The first kappa shape index (κ1) is 13.4. The molecule has 19 heavy (non-hydrogen) atoms. The van der Waals surface area contributed by atoms with E-state index < -0.39 is 5.63 Å². The number of aliphatic hydroxyl groups excluding tert-OH is 1. The van der Waals surface area contributed by atoms with E-state index in [4.69, 9.17) is 19.0 Å². The van der Waals surface area contributed by atoms with Gasteiger partial charge < -0.3 is 19.0 Å². The van der Waals surface area contributed by atoms with Crippen LogP contribution in [0, 0.1) is 6.92 Å². The minimum absolute atomic E-state index is 0.0929. The maximum Gasteiger partial charge on any atom is 0.339 e. The molecule has 0 bridgehead atoms. The number of aryl methyl sites for hydroxylation is 1. The van der Waals surface area contributed by atoms with Crippen LogP contribution in [-0.2, 0) is 6.42 Å². The summed E-state index contributed by atoms with van der Waals surface area (Å²) in [5, 5.41) is 9.78. The molecule has 0 radical (unpaired) electrons. The Morgan fingerprint density at radius 1 is 1.21 bits per heavy atom. The predicted octanol–water partition coefficient (Wildman–Crippen LogP) is 1.65. The quantitative estimate of drug-likeness (QED) is 0.850. The van der Waals surface area contributed by atoms with Gasteiger partial charge in [0.2, 0.25) is 0 Å². The molecule has 0 unspecified atom stereocenters. The normalized spacial score (nSPS) is 10.7. The maximum atomic E-state index is 11.8. The molecule has 5 heteroatoms. The minimum Gasteiger partial charge on any atom is -0.493 e. The Labute approximate surface area is 110 Å². The van der Waals surface area contributed by atoms with Gasteiger partial charge in [-0.05, 0) is 18.6 Å².